The molecule has 0 radical (unpaired) electrons. The van der Waals surface area contributed by atoms with E-state index in [1.807, 2.05) is 6.26 Å². The van der Waals surface area contributed by atoms with Crippen molar-refractivity contribution in [3.8, 4) is 0 Å². The molecule has 1 saturated heterocycles. The second-order valence-corrected chi connectivity index (χ2v) is 23.9. The lowest BCUT2D eigenvalue weighted by atomic mass is 9.42. The Balaban J connectivity index is 0.653. The fraction of sp³-hybridized carbons (Fsp3) is 0.780. The van der Waals surface area contributed by atoms with Gasteiger partial charge in [0.25, 0.3) is 0 Å². The predicted molar refractivity (Wildman–Crippen MR) is 260 cm³/mol. The summed E-state index contributed by atoms with van der Waals surface area (Å²) >= 11 is 0. The first-order valence-corrected chi connectivity index (χ1v) is 27.6. The van der Waals surface area contributed by atoms with Crippen LogP contribution < -0.4 is 16.4 Å². The van der Waals surface area contributed by atoms with Crippen LogP contribution >= 0.6 is 0 Å². The highest BCUT2D eigenvalue weighted by Gasteiger charge is 2.71. The van der Waals surface area contributed by atoms with Gasteiger partial charge >= 0.3 is 11.9 Å². The molecule has 2 amide bonds. The topological polar surface area (TPSA) is 291 Å². The van der Waals surface area contributed by atoms with Crippen molar-refractivity contribution in [3.63, 3.8) is 0 Å². The zero-order valence-electron chi connectivity index (χ0n) is 41.0. The summed E-state index contributed by atoms with van der Waals surface area (Å²) < 4.78 is 19.2. The van der Waals surface area contributed by atoms with Gasteiger partial charge in [-0.2, -0.15) is 0 Å². The number of ether oxygens (including phenoxy) is 3. The summed E-state index contributed by atoms with van der Waals surface area (Å²) in [6.07, 6.45) is 14.1. The number of amides is 2. The quantitative estimate of drug-likeness (QED) is 0.0478. The molecule has 0 bridgehead atoms. The van der Waals surface area contributed by atoms with E-state index in [1.165, 1.54) is 17.2 Å². The number of nitrogen functional groups attached to an aromatic ring is 1. The number of carboxylic acid groups (broad SMARTS) is 1. The Morgan fingerprint density at radius 1 is 0.957 bits per heavy atom. The third kappa shape index (κ3) is 10.6. The number of aliphatic hydroxyl groups is 4. The second kappa shape index (κ2) is 22.1. The molecule has 2 aliphatic heterocycles. The fourth-order valence-electron chi connectivity index (χ4n) is 13.6. The number of unbranched alkanes of at least 4 members (excludes halogenated alkanes) is 4. The van der Waals surface area contributed by atoms with Crippen LogP contribution in [-0.4, -0.2) is 148 Å². The van der Waals surface area contributed by atoms with Gasteiger partial charge in [0, 0.05) is 43.9 Å². The molecule has 4 saturated carbocycles. The molecule has 9 N–H and O–H groups in total. The summed E-state index contributed by atoms with van der Waals surface area (Å²) in [5.74, 6) is 0.0161. The molecule has 388 valence electrons. The maximum Gasteiger partial charge on any atom is 0.331 e. The van der Waals surface area contributed by atoms with Gasteiger partial charge in [0.1, 0.15) is 54.3 Å². The number of carboxylic acids is 1. The van der Waals surface area contributed by atoms with Crippen molar-refractivity contribution in [2.24, 2.45) is 34.5 Å². The predicted octanol–water partition coefficient (Wildman–Crippen LogP) is 3.09. The number of hydrogen-bond donors (Lipinski definition) is 8. The minimum atomic E-state index is -1.25. The molecule has 5 fully saturated rings. The summed E-state index contributed by atoms with van der Waals surface area (Å²) in [5.41, 5.74) is 5.88. The summed E-state index contributed by atoms with van der Waals surface area (Å²) in [6.45, 7) is 5.88. The number of nitrogens with zero attached hydrogens (tertiary/aromatic N) is 4. The van der Waals surface area contributed by atoms with Gasteiger partial charge < -0.3 is 56.1 Å². The number of carbonyl (C=O) groups is 4. The van der Waals surface area contributed by atoms with E-state index >= 15 is 0 Å². The van der Waals surface area contributed by atoms with Gasteiger partial charge in [-0.3, -0.25) is 14.2 Å². The molecule has 6 aliphatic rings. The number of imidazole rings is 1. The third-order valence-corrected chi connectivity index (χ3v) is 19.5. The van der Waals surface area contributed by atoms with E-state index in [0.29, 0.717) is 80.3 Å². The molecule has 4 heterocycles. The number of rotatable bonds is 22. The summed E-state index contributed by atoms with van der Waals surface area (Å²) in [5, 5.41) is 61.4. The Hall–Kier alpha value is -3.92. The van der Waals surface area contributed by atoms with E-state index in [-0.39, 0.29) is 72.3 Å². The highest BCUT2D eigenvalue weighted by Crippen LogP contribution is 2.70. The van der Waals surface area contributed by atoms with Gasteiger partial charge in [0.05, 0.1) is 30.4 Å². The number of carbonyl (C=O) groups excluding carboxylic acids is 3. The van der Waals surface area contributed by atoms with Crippen molar-refractivity contribution < 1.29 is 58.9 Å². The maximum absolute atomic E-state index is 12.7. The van der Waals surface area contributed by atoms with Crippen LogP contribution in [0, 0.1) is 34.5 Å². The Bertz CT molecular complexity index is 2230. The molecule has 2 unspecified atom stereocenters. The van der Waals surface area contributed by atoms with E-state index in [1.54, 1.807) is 6.08 Å². The number of esters is 1. The second-order valence-electron chi connectivity index (χ2n) is 21.6. The van der Waals surface area contributed by atoms with E-state index in [2.05, 4.69) is 39.4 Å². The number of aliphatic carboxylic acids is 1. The lowest BCUT2D eigenvalue weighted by Gasteiger charge is -2.65. The van der Waals surface area contributed by atoms with E-state index in [4.69, 9.17) is 19.9 Å². The Morgan fingerprint density at radius 2 is 1.73 bits per heavy atom. The number of fused-ring (bicyclic) bond motifs is 6. The molecule has 2 aromatic heterocycles. The molecule has 15 atom stereocenters. The molecular weight excluding hydrogens is 923 g/mol. The van der Waals surface area contributed by atoms with Gasteiger partial charge in [-0.25, -0.2) is 24.5 Å². The molecule has 0 aromatic carbocycles. The number of anilines is 1. The van der Waals surface area contributed by atoms with Crippen molar-refractivity contribution in [1.29, 1.82) is 0 Å². The summed E-state index contributed by atoms with van der Waals surface area (Å²) in [4.78, 5) is 61.5. The van der Waals surface area contributed by atoms with Gasteiger partial charge in [-0.1, -0.05) is 26.7 Å². The van der Waals surface area contributed by atoms with Crippen molar-refractivity contribution >= 4 is 51.6 Å². The SMILES string of the molecule is C[S+](CC[C@H](NC(=O)CCCCCNC(=O)CCCCCO[C@@H]1CC[C@@]2(C)[C@H](CCC3[C@@H]2C[C@@H](O)[C@]2(C)[C@@H](C4=CC(=O)OC4)CC[C@]32O)C1)C(=O)O)C[C@H]1O[C@@H](n2cnc3c(N)ncnc32)[C@H](O)[C@@H]1O. The Kier molecular flexibility index (Phi) is 16.5. The van der Waals surface area contributed by atoms with Crippen LogP contribution in [0.5, 0.6) is 0 Å². The highest BCUT2D eigenvalue weighted by atomic mass is 32.2. The molecule has 19 nitrogen and oxygen atoms in total. The van der Waals surface area contributed by atoms with Crippen LogP contribution in [0.1, 0.15) is 129 Å². The molecule has 70 heavy (non-hydrogen) atoms. The van der Waals surface area contributed by atoms with Crippen molar-refractivity contribution in [3.05, 3.63) is 24.3 Å². The van der Waals surface area contributed by atoms with Crippen LogP contribution in [-0.2, 0) is 44.3 Å². The third-order valence-electron chi connectivity index (χ3n) is 17.7. The number of aromatic nitrogens is 4. The number of hydrogen-bond acceptors (Lipinski definition) is 15. The first-order chi connectivity index (χ1) is 33.4. The van der Waals surface area contributed by atoms with Crippen LogP contribution in [0.4, 0.5) is 5.82 Å². The zero-order valence-corrected chi connectivity index (χ0v) is 41.8. The molecule has 4 aliphatic carbocycles. The summed E-state index contributed by atoms with van der Waals surface area (Å²) in [7, 11) is -0.408. The fourth-order valence-corrected chi connectivity index (χ4v) is 15.2. The van der Waals surface area contributed by atoms with Crippen LogP contribution in [0.25, 0.3) is 11.2 Å². The first-order valence-electron chi connectivity index (χ1n) is 25.7. The minimum Gasteiger partial charge on any atom is -0.480 e. The normalized spacial score (nSPS) is 35.6. The molecular formula is C50H76N7O12S+. The molecule has 20 heteroatoms. The standard InChI is InChI=1S/C50H75N7O12S/c1-48-17-14-31(23-30(48)12-13-33-34(48)24-37(58)49(2)32(15-18-50(33,49)66)29-22-40(61)68-25-29)67-20-9-5-7-10-38(59)52-19-8-4-6-11-39(60)56-35(47(64)65)16-21-70(3)26-36-42(62)43(63)46(69-36)57-28-55-41-44(51)53-27-54-45(41)57/h22,27-28,30-37,42-43,46,58,62-63,66H,4-21,23-26H2,1-3H3,(H4-,51,52,53,54,56,59,60,64,65)/p+1/t30-,31-,32-,33?,34+,35+,36-,37-,42-,43-,46-,48+,49+,50+,70?/m1/s1. The largest absolute Gasteiger partial charge is 0.480 e. The maximum atomic E-state index is 12.7. The van der Waals surface area contributed by atoms with Gasteiger partial charge in [-0.05, 0) is 123 Å². The average Bonchev–Trinajstić information content (AvgIpc) is 4.09. The summed E-state index contributed by atoms with van der Waals surface area (Å²) in [6, 6.07) is -1.06. The average molecular weight is 999 g/mol. The number of nitrogens with one attached hydrogen (secondary N) is 2. The van der Waals surface area contributed by atoms with Gasteiger partial charge in [-0.15, -0.1) is 0 Å². The number of aliphatic hydroxyl groups excluding tert-OH is 3. The smallest absolute Gasteiger partial charge is 0.331 e. The Morgan fingerprint density at radius 3 is 2.49 bits per heavy atom. The van der Waals surface area contributed by atoms with Crippen molar-refractivity contribution in [2.45, 2.75) is 171 Å². The van der Waals surface area contributed by atoms with Crippen molar-refractivity contribution in [2.75, 3.05) is 43.3 Å². The zero-order chi connectivity index (χ0) is 50.0. The van der Waals surface area contributed by atoms with E-state index < -0.39 is 64.6 Å². The van der Waals surface area contributed by atoms with Gasteiger partial charge in [0.15, 0.2) is 17.7 Å². The van der Waals surface area contributed by atoms with E-state index in [9.17, 15) is 44.7 Å². The van der Waals surface area contributed by atoms with Gasteiger partial charge in [0.2, 0.25) is 11.8 Å². The molecule has 8 rings (SSSR count). The lowest BCUT2D eigenvalue weighted by Crippen LogP contribution is -2.67. The van der Waals surface area contributed by atoms with Crippen LogP contribution in [0.2, 0.25) is 0 Å². The lowest BCUT2D eigenvalue weighted by molar-refractivity contribution is -0.245. The van der Waals surface area contributed by atoms with Crippen LogP contribution in [0.3, 0.4) is 0 Å². The van der Waals surface area contributed by atoms with E-state index in [0.717, 1.165) is 63.4 Å². The minimum absolute atomic E-state index is 0.00300. The molecule has 2 aromatic rings. The number of cyclic esters (lactones) is 1. The molecule has 0 spiro atoms. The Labute approximate surface area is 412 Å². The monoisotopic (exact) mass is 999 g/mol. The number of nitrogens with two attached hydrogens (primary N) is 1. The van der Waals surface area contributed by atoms with Crippen molar-refractivity contribution in [1.82, 2.24) is 30.2 Å². The van der Waals surface area contributed by atoms with Crippen LogP contribution in [0.15, 0.2) is 24.3 Å². The first kappa shape index (κ1) is 52.4. The highest BCUT2D eigenvalue weighted by molar-refractivity contribution is 7.96.